The number of hydrogen-bond donors (Lipinski definition) is 0. The average molecular weight is 343 g/mol. The van der Waals surface area contributed by atoms with Crippen LogP contribution in [-0.4, -0.2) is 17.9 Å². The highest BCUT2D eigenvalue weighted by molar-refractivity contribution is 9.10. The van der Waals surface area contributed by atoms with E-state index in [0.717, 1.165) is 15.6 Å². The lowest BCUT2D eigenvalue weighted by atomic mass is 10.1. The number of halogens is 1. The van der Waals surface area contributed by atoms with Crippen LogP contribution in [0.15, 0.2) is 46.9 Å². The molecule has 0 unspecified atom stereocenters. The summed E-state index contributed by atoms with van der Waals surface area (Å²) in [4.78, 5) is 14.2. The predicted octanol–water partition coefficient (Wildman–Crippen LogP) is 3.90. The molecule has 0 saturated heterocycles. The lowest BCUT2D eigenvalue weighted by Crippen LogP contribution is -2.26. The maximum absolute atomic E-state index is 12.5. The Kier molecular flexibility index (Phi) is 4.77. The van der Waals surface area contributed by atoms with Crippen LogP contribution in [0.2, 0.25) is 0 Å². The molecule has 0 aromatic heterocycles. The van der Waals surface area contributed by atoms with Gasteiger partial charge in [0.25, 0.3) is 5.91 Å². The van der Waals surface area contributed by atoms with Gasteiger partial charge >= 0.3 is 0 Å². The Balaban J connectivity index is 2.19. The van der Waals surface area contributed by atoms with Gasteiger partial charge in [-0.15, -0.1) is 0 Å². The summed E-state index contributed by atoms with van der Waals surface area (Å²) in [6.07, 6.45) is 0. The second-order valence-electron chi connectivity index (χ2n) is 4.93. The molecule has 0 spiro atoms. The first-order chi connectivity index (χ1) is 10.0. The fraction of sp³-hybridized carbons (Fsp3) is 0.176. The maximum atomic E-state index is 12.5. The van der Waals surface area contributed by atoms with Crippen molar-refractivity contribution in [1.82, 2.24) is 4.90 Å². The summed E-state index contributed by atoms with van der Waals surface area (Å²) < 4.78 is 0.885. The minimum Gasteiger partial charge on any atom is -0.337 e. The van der Waals surface area contributed by atoms with E-state index in [9.17, 15) is 4.79 Å². The van der Waals surface area contributed by atoms with Gasteiger partial charge in [0, 0.05) is 23.6 Å². The maximum Gasteiger partial charge on any atom is 0.254 e. The second kappa shape index (κ2) is 6.55. The summed E-state index contributed by atoms with van der Waals surface area (Å²) in [6.45, 7) is 2.39. The molecule has 0 aliphatic heterocycles. The number of amides is 1. The molecule has 0 aliphatic rings. The molecule has 4 heteroatoms. The number of benzene rings is 2. The Morgan fingerprint density at radius 2 is 2.05 bits per heavy atom. The molecule has 0 heterocycles. The zero-order chi connectivity index (χ0) is 15.4. The Morgan fingerprint density at radius 3 is 2.76 bits per heavy atom. The first kappa shape index (κ1) is 15.3. The Morgan fingerprint density at radius 1 is 1.29 bits per heavy atom. The summed E-state index contributed by atoms with van der Waals surface area (Å²) in [7, 11) is 1.77. The first-order valence-electron chi connectivity index (χ1n) is 6.52. The van der Waals surface area contributed by atoms with Crippen LogP contribution in [0.3, 0.4) is 0 Å². The lowest BCUT2D eigenvalue weighted by Gasteiger charge is -2.19. The normalized spacial score (nSPS) is 10.0. The Hall–Kier alpha value is -2.12. The van der Waals surface area contributed by atoms with Crippen molar-refractivity contribution in [2.45, 2.75) is 13.5 Å². The molecular formula is C17H15BrN2O. The van der Waals surface area contributed by atoms with Crippen LogP contribution in [0.4, 0.5) is 0 Å². The molecule has 0 radical (unpaired) electrons. The zero-order valence-corrected chi connectivity index (χ0v) is 13.5. The van der Waals surface area contributed by atoms with Crippen LogP contribution >= 0.6 is 15.9 Å². The molecule has 1 amide bonds. The van der Waals surface area contributed by atoms with E-state index in [-0.39, 0.29) is 5.91 Å². The van der Waals surface area contributed by atoms with Crippen molar-refractivity contribution >= 4 is 21.8 Å². The van der Waals surface area contributed by atoms with E-state index in [4.69, 9.17) is 5.26 Å². The Bertz CT molecular complexity index is 719. The van der Waals surface area contributed by atoms with Gasteiger partial charge in [0.2, 0.25) is 0 Å². The molecular weight excluding hydrogens is 328 g/mol. The van der Waals surface area contributed by atoms with Crippen molar-refractivity contribution in [3.05, 3.63) is 69.2 Å². The number of rotatable bonds is 3. The quantitative estimate of drug-likeness (QED) is 0.848. The van der Waals surface area contributed by atoms with E-state index in [1.54, 1.807) is 24.1 Å². The van der Waals surface area contributed by atoms with E-state index >= 15 is 0 Å². The summed E-state index contributed by atoms with van der Waals surface area (Å²) in [5, 5.41) is 8.91. The molecule has 3 nitrogen and oxygen atoms in total. The van der Waals surface area contributed by atoms with Crippen molar-refractivity contribution in [1.29, 1.82) is 5.26 Å². The van der Waals surface area contributed by atoms with Gasteiger partial charge in [-0.25, -0.2) is 0 Å². The molecule has 2 rings (SSSR count). The van der Waals surface area contributed by atoms with Crippen molar-refractivity contribution in [2.24, 2.45) is 0 Å². The van der Waals surface area contributed by atoms with E-state index in [1.807, 2.05) is 37.3 Å². The van der Waals surface area contributed by atoms with Gasteiger partial charge in [-0.2, -0.15) is 5.26 Å². The van der Waals surface area contributed by atoms with Crippen LogP contribution in [0.1, 0.15) is 27.0 Å². The summed E-state index contributed by atoms with van der Waals surface area (Å²) in [6, 6.07) is 15.1. The van der Waals surface area contributed by atoms with Gasteiger partial charge in [0.05, 0.1) is 11.6 Å². The van der Waals surface area contributed by atoms with Crippen LogP contribution in [0.25, 0.3) is 0 Å². The number of aryl methyl sites for hydroxylation is 1. The summed E-state index contributed by atoms with van der Waals surface area (Å²) in [5.41, 5.74) is 3.17. The van der Waals surface area contributed by atoms with E-state index in [1.165, 1.54) is 0 Å². The van der Waals surface area contributed by atoms with E-state index in [0.29, 0.717) is 17.7 Å². The average Bonchev–Trinajstić information content (AvgIpc) is 2.49. The standard InChI is InChI=1S/C17H15BrN2O/c1-12-6-7-15(18)9-16(12)17(21)20(2)11-14-5-3-4-13(8-14)10-19/h3-9H,11H2,1-2H3. The SMILES string of the molecule is Cc1ccc(Br)cc1C(=O)N(C)Cc1cccc(C#N)c1. The second-order valence-corrected chi connectivity index (χ2v) is 5.85. The van der Waals surface area contributed by atoms with Gasteiger partial charge in [-0.3, -0.25) is 4.79 Å². The van der Waals surface area contributed by atoms with Gasteiger partial charge in [-0.1, -0.05) is 34.1 Å². The third kappa shape index (κ3) is 3.71. The zero-order valence-electron chi connectivity index (χ0n) is 11.9. The molecule has 0 aliphatic carbocycles. The number of carbonyl (C=O) groups is 1. The van der Waals surface area contributed by atoms with E-state index in [2.05, 4.69) is 22.0 Å². The van der Waals surface area contributed by atoms with Crippen molar-refractivity contribution in [3.8, 4) is 6.07 Å². The summed E-state index contributed by atoms with van der Waals surface area (Å²) >= 11 is 3.39. The van der Waals surface area contributed by atoms with Crippen molar-refractivity contribution in [2.75, 3.05) is 7.05 Å². The minimum atomic E-state index is -0.0313. The Labute approximate surface area is 132 Å². The molecule has 0 saturated carbocycles. The third-order valence-electron chi connectivity index (χ3n) is 3.25. The highest BCUT2D eigenvalue weighted by Crippen LogP contribution is 2.18. The van der Waals surface area contributed by atoms with Crippen molar-refractivity contribution < 1.29 is 4.79 Å². The lowest BCUT2D eigenvalue weighted by molar-refractivity contribution is 0.0784. The summed E-state index contributed by atoms with van der Waals surface area (Å²) in [5.74, 6) is -0.0313. The third-order valence-corrected chi connectivity index (χ3v) is 3.75. The van der Waals surface area contributed by atoms with Crippen LogP contribution < -0.4 is 0 Å². The minimum absolute atomic E-state index is 0.0313. The topological polar surface area (TPSA) is 44.1 Å². The smallest absolute Gasteiger partial charge is 0.254 e. The molecule has 2 aromatic carbocycles. The van der Waals surface area contributed by atoms with Crippen LogP contribution in [0, 0.1) is 18.3 Å². The largest absolute Gasteiger partial charge is 0.337 e. The number of nitriles is 1. The molecule has 21 heavy (non-hydrogen) atoms. The van der Waals surface area contributed by atoms with Crippen LogP contribution in [-0.2, 0) is 6.54 Å². The monoisotopic (exact) mass is 342 g/mol. The van der Waals surface area contributed by atoms with Crippen LogP contribution in [0.5, 0.6) is 0 Å². The molecule has 2 aromatic rings. The van der Waals surface area contributed by atoms with Gasteiger partial charge < -0.3 is 4.90 Å². The van der Waals surface area contributed by atoms with Crippen molar-refractivity contribution in [3.63, 3.8) is 0 Å². The van der Waals surface area contributed by atoms with Gasteiger partial charge in [0.1, 0.15) is 0 Å². The van der Waals surface area contributed by atoms with Gasteiger partial charge in [-0.05, 0) is 42.3 Å². The fourth-order valence-electron chi connectivity index (χ4n) is 2.12. The first-order valence-corrected chi connectivity index (χ1v) is 7.31. The van der Waals surface area contributed by atoms with Gasteiger partial charge in [0.15, 0.2) is 0 Å². The molecule has 0 atom stereocenters. The molecule has 0 bridgehead atoms. The number of nitrogens with zero attached hydrogens (tertiary/aromatic N) is 2. The van der Waals surface area contributed by atoms with E-state index < -0.39 is 0 Å². The molecule has 106 valence electrons. The molecule has 0 N–H and O–H groups in total. The number of hydrogen-bond acceptors (Lipinski definition) is 2. The fourth-order valence-corrected chi connectivity index (χ4v) is 2.48. The highest BCUT2D eigenvalue weighted by Gasteiger charge is 2.15. The predicted molar refractivity (Wildman–Crippen MR) is 85.8 cm³/mol. The molecule has 0 fully saturated rings. The number of carbonyl (C=O) groups excluding carboxylic acids is 1. The highest BCUT2D eigenvalue weighted by atomic mass is 79.9.